The van der Waals surface area contributed by atoms with Crippen LogP contribution in [0.1, 0.15) is 45.1 Å². The van der Waals surface area contributed by atoms with Gasteiger partial charge in [0.05, 0.1) is 16.8 Å². The predicted molar refractivity (Wildman–Crippen MR) is 97.3 cm³/mol. The molecular weight excluding hydrogens is 354 g/mol. The zero-order chi connectivity index (χ0) is 17.9. The summed E-state index contributed by atoms with van der Waals surface area (Å²) in [5.41, 5.74) is 0.800. The first kappa shape index (κ1) is 16.7. The van der Waals surface area contributed by atoms with Crippen molar-refractivity contribution in [3.63, 3.8) is 0 Å². The number of hydrogen-bond donors (Lipinski definition) is 0. The maximum absolute atomic E-state index is 13.6. The number of imidazole rings is 1. The van der Waals surface area contributed by atoms with Crippen LogP contribution in [-0.2, 0) is 4.79 Å². The third-order valence-corrected chi connectivity index (χ3v) is 7.67. The molecule has 0 N–H and O–H groups in total. The van der Waals surface area contributed by atoms with E-state index in [1.165, 1.54) is 31.0 Å². The molecule has 2 aromatic rings. The number of alkyl halides is 2. The normalized spacial score (nSPS) is 32.7. The van der Waals surface area contributed by atoms with Gasteiger partial charge in [-0.05, 0) is 68.4 Å². The minimum Gasteiger partial charge on any atom is -0.298 e. The zero-order valence-electron chi connectivity index (χ0n) is 14.5. The van der Waals surface area contributed by atoms with Crippen LogP contribution in [0, 0.1) is 23.2 Å². The predicted octanol–water partition coefficient (Wildman–Crippen LogP) is 5.31. The van der Waals surface area contributed by atoms with Crippen LogP contribution in [0.4, 0.5) is 8.78 Å². The molecule has 0 radical (unpaired) electrons. The maximum atomic E-state index is 13.6. The van der Waals surface area contributed by atoms with Gasteiger partial charge < -0.3 is 0 Å². The molecule has 0 amide bonds. The fourth-order valence-electron chi connectivity index (χ4n) is 6.05. The fraction of sp³-hybridized carbons (Fsp3) is 0.600. The standard InChI is InChI=1S/C20H22F2N2OS/c21-18(22)24-16-4-2-1-3-15(16)23-19(24)26-11-17(25)20-8-12-5-13(9-20)7-14(6-12)10-20/h1-4,12-14,18H,5-11H2. The molecule has 4 aliphatic rings. The lowest BCUT2D eigenvalue weighted by Crippen LogP contribution is -2.50. The van der Waals surface area contributed by atoms with Gasteiger partial charge in [0.1, 0.15) is 5.78 Å². The molecule has 1 heterocycles. The van der Waals surface area contributed by atoms with Gasteiger partial charge in [0.2, 0.25) is 0 Å². The van der Waals surface area contributed by atoms with Crippen LogP contribution in [0.2, 0.25) is 0 Å². The molecule has 4 aliphatic carbocycles. The molecule has 6 rings (SSSR count). The monoisotopic (exact) mass is 376 g/mol. The van der Waals surface area contributed by atoms with E-state index in [0.29, 0.717) is 28.8 Å². The number of rotatable bonds is 5. The van der Waals surface area contributed by atoms with Gasteiger partial charge in [-0.2, -0.15) is 8.78 Å². The van der Waals surface area contributed by atoms with E-state index in [1.807, 2.05) is 0 Å². The minimum absolute atomic E-state index is 0.177. The molecular formula is C20H22F2N2OS. The first-order valence-corrected chi connectivity index (χ1v) is 10.4. The Hall–Kier alpha value is -1.43. The molecule has 0 unspecified atom stereocenters. The van der Waals surface area contributed by atoms with E-state index < -0.39 is 6.55 Å². The number of nitrogens with zero attached hydrogens (tertiary/aromatic N) is 2. The molecule has 0 spiro atoms. The second kappa shape index (κ2) is 6.04. The van der Waals surface area contributed by atoms with Crippen LogP contribution in [-0.4, -0.2) is 21.1 Å². The van der Waals surface area contributed by atoms with Crippen molar-refractivity contribution in [3.8, 4) is 0 Å². The molecule has 138 valence electrons. The van der Waals surface area contributed by atoms with Crippen LogP contribution >= 0.6 is 11.8 Å². The van der Waals surface area contributed by atoms with E-state index in [0.717, 1.165) is 23.8 Å². The number of fused-ring (bicyclic) bond motifs is 1. The topological polar surface area (TPSA) is 34.9 Å². The number of carbonyl (C=O) groups is 1. The quantitative estimate of drug-likeness (QED) is 0.664. The molecule has 26 heavy (non-hydrogen) atoms. The molecule has 4 saturated carbocycles. The Bertz CT molecular complexity index is 827. The average molecular weight is 376 g/mol. The summed E-state index contributed by atoms with van der Waals surface area (Å²) >= 11 is 1.18. The van der Waals surface area contributed by atoms with E-state index in [-0.39, 0.29) is 22.1 Å². The van der Waals surface area contributed by atoms with Crippen LogP contribution in [0.3, 0.4) is 0 Å². The van der Waals surface area contributed by atoms with E-state index in [4.69, 9.17) is 0 Å². The van der Waals surface area contributed by atoms with E-state index in [1.54, 1.807) is 24.3 Å². The summed E-state index contributed by atoms with van der Waals surface area (Å²) < 4.78 is 28.1. The summed E-state index contributed by atoms with van der Waals surface area (Å²) in [7, 11) is 0. The van der Waals surface area contributed by atoms with Crippen LogP contribution in [0.15, 0.2) is 29.4 Å². The molecule has 1 aromatic heterocycles. The average Bonchev–Trinajstić information content (AvgIpc) is 2.97. The Balaban J connectivity index is 1.37. The first-order valence-electron chi connectivity index (χ1n) is 9.45. The number of Topliss-reactive ketones (excluding diaryl/α,β-unsaturated/α-hetero) is 1. The number of aromatic nitrogens is 2. The van der Waals surface area contributed by atoms with Crippen LogP contribution in [0.5, 0.6) is 0 Å². The summed E-state index contributed by atoms with van der Waals surface area (Å²) in [6, 6.07) is 6.91. The smallest absolute Gasteiger partial charge is 0.298 e. The Labute approximate surface area is 155 Å². The second-order valence-corrected chi connectivity index (χ2v) is 9.38. The molecule has 4 bridgehead atoms. The number of ketones is 1. The number of halogens is 2. The molecule has 0 aliphatic heterocycles. The summed E-state index contributed by atoms with van der Waals surface area (Å²) in [5.74, 6) is 2.64. The maximum Gasteiger partial charge on any atom is 0.321 e. The molecule has 1 aromatic carbocycles. The number of hydrogen-bond acceptors (Lipinski definition) is 3. The number of para-hydroxylation sites is 2. The molecule has 6 heteroatoms. The van der Waals surface area contributed by atoms with Gasteiger partial charge in [0, 0.05) is 5.41 Å². The number of thioether (sulfide) groups is 1. The van der Waals surface area contributed by atoms with Crippen molar-refractivity contribution in [1.29, 1.82) is 0 Å². The van der Waals surface area contributed by atoms with Crippen molar-refractivity contribution in [1.82, 2.24) is 9.55 Å². The zero-order valence-corrected chi connectivity index (χ0v) is 15.4. The van der Waals surface area contributed by atoms with Gasteiger partial charge in [-0.1, -0.05) is 23.9 Å². The summed E-state index contributed by atoms with van der Waals surface area (Å²) in [6.07, 6.45) is 6.93. The van der Waals surface area contributed by atoms with Gasteiger partial charge in [0.25, 0.3) is 0 Å². The number of carbonyl (C=O) groups excluding carboxylic acids is 1. The third kappa shape index (κ3) is 2.60. The fourth-order valence-corrected chi connectivity index (χ4v) is 7.09. The van der Waals surface area contributed by atoms with Crippen molar-refractivity contribution in [2.45, 2.75) is 50.2 Å². The SMILES string of the molecule is O=C(CSc1nc2ccccc2n1C(F)F)C12CC3CC(CC(C3)C1)C2. The first-order chi connectivity index (χ1) is 12.5. The largest absolute Gasteiger partial charge is 0.321 e. The second-order valence-electron chi connectivity index (χ2n) is 8.44. The van der Waals surface area contributed by atoms with Gasteiger partial charge in [-0.3, -0.25) is 9.36 Å². The van der Waals surface area contributed by atoms with Crippen molar-refractivity contribution in [2.75, 3.05) is 5.75 Å². The lowest BCUT2D eigenvalue weighted by molar-refractivity contribution is -0.141. The van der Waals surface area contributed by atoms with E-state index in [9.17, 15) is 13.6 Å². The Morgan fingerprint density at radius 1 is 1.15 bits per heavy atom. The van der Waals surface area contributed by atoms with E-state index in [2.05, 4.69) is 4.98 Å². The van der Waals surface area contributed by atoms with Gasteiger partial charge in [-0.15, -0.1) is 0 Å². The highest BCUT2D eigenvalue weighted by Gasteiger charge is 2.54. The summed E-state index contributed by atoms with van der Waals surface area (Å²) in [5, 5.41) is 0.249. The van der Waals surface area contributed by atoms with Crippen LogP contribution in [0.25, 0.3) is 11.0 Å². The van der Waals surface area contributed by atoms with Crippen LogP contribution < -0.4 is 0 Å². The van der Waals surface area contributed by atoms with Crippen molar-refractivity contribution in [3.05, 3.63) is 24.3 Å². The highest BCUT2D eigenvalue weighted by atomic mass is 32.2. The van der Waals surface area contributed by atoms with Gasteiger partial charge in [-0.25, -0.2) is 4.98 Å². The third-order valence-electron chi connectivity index (χ3n) is 6.72. The summed E-state index contributed by atoms with van der Waals surface area (Å²) in [6.45, 7) is -2.65. The van der Waals surface area contributed by atoms with Gasteiger partial charge in [0.15, 0.2) is 5.16 Å². The highest BCUT2D eigenvalue weighted by molar-refractivity contribution is 7.99. The van der Waals surface area contributed by atoms with E-state index >= 15 is 0 Å². The molecule has 3 nitrogen and oxygen atoms in total. The lowest BCUT2D eigenvalue weighted by atomic mass is 9.48. The van der Waals surface area contributed by atoms with Gasteiger partial charge >= 0.3 is 6.55 Å². The molecule has 0 saturated heterocycles. The Kier molecular flexibility index (Phi) is 3.89. The molecule has 0 atom stereocenters. The summed E-state index contributed by atoms with van der Waals surface area (Å²) in [4.78, 5) is 17.5. The Morgan fingerprint density at radius 2 is 1.77 bits per heavy atom. The Morgan fingerprint density at radius 3 is 2.38 bits per heavy atom. The van der Waals surface area contributed by atoms with Crippen molar-refractivity contribution >= 4 is 28.6 Å². The lowest BCUT2D eigenvalue weighted by Gasteiger charge is -2.56. The van der Waals surface area contributed by atoms with Crippen molar-refractivity contribution in [2.24, 2.45) is 23.2 Å². The number of benzene rings is 1. The van der Waals surface area contributed by atoms with Crippen molar-refractivity contribution < 1.29 is 13.6 Å². The molecule has 4 fully saturated rings. The highest BCUT2D eigenvalue weighted by Crippen LogP contribution is 2.60. The minimum atomic E-state index is -2.65.